The lowest BCUT2D eigenvalue weighted by atomic mass is 9.89. The van der Waals surface area contributed by atoms with E-state index in [2.05, 4.69) is 46.1 Å². The standard InChI is InChI=1S/C20H23N3OS/c1-14-7-8-16-17(11-14)25-20-18(16)19(21-13-22-20)23(9-10-24)12-15-5-3-2-4-6-15/h2-6,13-14,24H,7-12H2,1H3. The highest BCUT2D eigenvalue weighted by Crippen LogP contribution is 2.40. The van der Waals surface area contributed by atoms with Crippen LogP contribution >= 0.6 is 11.3 Å². The molecule has 2 heterocycles. The highest BCUT2D eigenvalue weighted by atomic mass is 32.1. The van der Waals surface area contributed by atoms with E-state index in [0.29, 0.717) is 6.54 Å². The van der Waals surface area contributed by atoms with Crippen molar-refractivity contribution in [3.63, 3.8) is 0 Å². The third kappa shape index (κ3) is 3.26. The molecule has 0 radical (unpaired) electrons. The Balaban J connectivity index is 1.78. The number of anilines is 1. The summed E-state index contributed by atoms with van der Waals surface area (Å²) in [6.07, 6.45) is 5.15. The molecule has 3 aromatic rings. The molecule has 4 nitrogen and oxygen atoms in total. The summed E-state index contributed by atoms with van der Waals surface area (Å²) in [5.74, 6) is 1.71. The van der Waals surface area contributed by atoms with Crippen molar-refractivity contribution in [2.75, 3.05) is 18.1 Å². The van der Waals surface area contributed by atoms with Crippen molar-refractivity contribution in [2.24, 2.45) is 5.92 Å². The normalized spacial score (nSPS) is 16.8. The van der Waals surface area contributed by atoms with E-state index in [1.165, 1.54) is 27.8 Å². The average Bonchev–Trinajstić information content (AvgIpc) is 2.99. The van der Waals surface area contributed by atoms with E-state index >= 15 is 0 Å². The molecule has 0 aliphatic heterocycles. The van der Waals surface area contributed by atoms with Crippen LogP contribution in [0.3, 0.4) is 0 Å². The molecule has 0 saturated carbocycles. The first-order valence-electron chi connectivity index (χ1n) is 8.91. The Labute approximate surface area is 152 Å². The van der Waals surface area contributed by atoms with Gasteiger partial charge in [-0.1, -0.05) is 37.3 Å². The number of fused-ring (bicyclic) bond motifs is 3. The maximum atomic E-state index is 9.59. The molecular formula is C20H23N3OS. The summed E-state index contributed by atoms with van der Waals surface area (Å²) in [6, 6.07) is 10.4. The Kier molecular flexibility index (Phi) is 4.68. The van der Waals surface area contributed by atoms with Crippen molar-refractivity contribution in [1.82, 2.24) is 9.97 Å². The highest BCUT2D eigenvalue weighted by molar-refractivity contribution is 7.19. The third-order valence-corrected chi connectivity index (χ3v) is 6.12. The number of aliphatic hydroxyl groups is 1. The molecule has 4 rings (SSSR count). The Bertz CT molecular complexity index is 862. The smallest absolute Gasteiger partial charge is 0.141 e. The van der Waals surface area contributed by atoms with Crippen LogP contribution in [0.2, 0.25) is 0 Å². The molecule has 1 aliphatic carbocycles. The number of aliphatic hydroxyl groups excluding tert-OH is 1. The van der Waals surface area contributed by atoms with Crippen LogP contribution in [-0.2, 0) is 19.4 Å². The van der Waals surface area contributed by atoms with Crippen LogP contribution in [0.4, 0.5) is 5.82 Å². The molecule has 0 fully saturated rings. The van der Waals surface area contributed by atoms with Gasteiger partial charge in [0, 0.05) is 18.0 Å². The van der Waals surface area contributed by atoms with Crippen LogP contribution < -0.4 is 4.90 Å². The lowest BCUT2D eigenvalue weighted by Gasteiger charge is -2.25. The Hall–Kier alpha value is -1.98. The zero-order valence-corrected chi connectivity index (χ0v) is 15.3. The fraction of sp³-hybridized carbons (Fsp3) is 0.400. The first-order chi connectivity index (χ1) is 12.3. The molecule has 0 saturated heterocycles. The lowest BCUT2D eigenvalue weighted by molar-refractivity contribution is 0.301. The highest BCUT2D eigenvalue weighted by Gasteiger charge is 2.24. The molecule has 0 amide bonds. The van der Waals surface area contributed by atoms with Gasteiger partial charge in [-0.25, -0.2) is 9.97 Å². The molecule has 5 heteroatoms. The number of benzene rings is 1. The van der Waals surface area contributed by atoms with E-state index < -0.39 is 0 Å². The van der Waals surface area contributed by atoms with Crippen molar-refractivity contribution in [2.45, 2.75) is 32.7 Å². The second kappa shape index (κ2) is 7.10. The zero-order chi connectivity index (χ0) is 17.2. The maximum absolute atomic E-state index is 9.59. The van der Waals surface area contributed by atoms with Gasteiger partial charge < -0.3 is 10.0 Å². The maximum Gasteiger partial charge on any atom is 0.141 e. The van der Waals surface area contributed by atoms with Gasteiger partial charge in [-0.3, -0.25) is 0 Å². The molecule has 1 atom stereocenters. The molecular weight excluding hydrogens is 330 g/mol. The number of rotatable bonds is 5. The van der Waals surface area contributed by atoms with Crippen LogP contribution in [0.15, 0.2) is 36.7 Å². The summed E-state index contributed by atoms with van der Waals surface area (Å²) in [6.45, 7) is 3.76. The van der Waals surface area contributed by atoms with Gasteiger partial charge in [0.25, 0.3) is 0 Å². The van der Waals surface area contributed by atoms with Crippen molar-refractivity contribution in [1.29, 1.82) is 0 Å². The molecule has 1 aliphatic rings. The van der Waals surface area contributed by atoms with Gasteiger partial charge in [0.2, 0.25) is 0 Å². The number of nitrogens with zero attached hydrogens (tertiary/aromatic N) is 3. The first-order valence-corrected chi connectivity index (χ1v) is 9.73. The molecule has 0 spiro atoms. The summed E-state index contributed by atoms with van der Waals surface area (Å²) < 4.78 is 0. The molecule has 1 N–H and O–H groups in total. The number of hydrogen-bond donors (Lipinski definition) is 1. The SMILES string of the molecule is CC1CCc2c(sc3ncnc(N(CCO)Cc4ccccc4)c23)C1. The molecule has 25 heavy (non-hydrogen) atoms. The quantitative estimate of drug-likeness (QED) is 0.758. The summed E-state index contributed by atoms with van der Waals surface area (Å²) in [5, 5.41) is 10.8. The van der Waals surface area contributed by atoms with Gasteiger partial charge >= 0.3 is 0 Å². The minimum Gasteiger partial charge on any atom is -0.395 e. The van der Waals surface area contributed by atoms with Gasteiger partial charge in [0.1, 0.15) is 17.0 Å². The Morgan fingerprint density at radius 2 is 2.08 bits per heavy atom. The molecule has 130 valence electrons. The van der Waals surface area contributed by atoms with Gasteiger partial charge in [-0.05, 0) is 36.3 Å². The van der Waals surface area contributed by atoms with Crippen molar-refractivity contribution in [3.8, 4) is 0 Å². The first kappa shape index (κ1) is 16.5. The minimum absolute atomic E-state index is 0.113. The topological polar surface area (TPSA) is 49.2 Å². The van der Waals surface area contributed by atoms with E-state index in [9.17, 15) is 5.11 Å². The van der Waals surface area contributed by atoms with Gasteiger partial charge in [-0.15, -0.1) is 11.3 Å². The predicted molar refractivity (Wildman–Crippen MR) is 103 cm³/mol. The van der Waals surface area contributed by atoms with Crippen molar-refractivity contribution >= 4 is 27.4 Å². The molecule has 0 bridgehead atoms. The second-order valence-corrected chi connectivity index (χ2v) is 7.94. The lowest BCUT2D eigenvalue weighted by Crippen LogP contribution is -2.27. The fourth-order valence-corrected chi connectivity index (χ4v) is 5.03. The van der Waals surface area contributed by atoms with Crippen LogP contribution in [-0.4, -0.2) is 28.2 Å². The molecule has 1 aromatic carbocycles. The Morgan fingerprint density at radius 1 is 1.24 bits per heavy atom. The Morgan fingerprint density at radius 3 is 2.88 bits per heavy atom. The van der Waals surface area contributed by atoms with E-state index in [1.807, 2.05) is 17.4 Å². The number of thiophene rings is 1. The van der Waals surface area contributed by atoms with Gasteiger partial charge in [0.15, 0.2) is 0 Å². The van der Waals surface area contributed by atoms with Crippen LogP contribution in [0.1, 0.15) is 29.3 Å². The average molecular weight is 353 g/mol. The monoisotopic (exact) mass is 353 g/mol. The largest absolute Gasteiger partial charge is 0.395 e. The number of aromatic nitrogens is 2. The number of aryl methyl sites for hydroxylation is 1. The predicted octanol–water partition coefficient (Wildman–Crippen LogP) is 3.82. The van der Waals surface area contributed by atoms with Gasteiger partial charge in [-0.2, -0.15) is 0 Å². The fourth-order valence-electron chi connectivity index (χ4n) is 3.68. The zero-order valence-electron chi connectivity index (χ0n) is 14.5. The molecule has 2 aromatic heterocycles. The van der Waals surface area contributed by atoms with Gasteiger partial charge in [0.05, 0.1) is 12.0 Å². The summed E-state index contributed by atoms with van der Waals surface area (Å²) in [5.41, 5.74) is 2.66. The van der Waals surface area contributed by atoms with Crippen LogP contribution in [0, 0.1) is 5.92 Å². The summed E-state index contributed by atoms with van der Waals surface area (Å²) in [7, 11) is 0. The van der Waals surface area contributed by atoms with Crippen LogP contribution in [0.25, 0.3) is 10.2 Å². The number of hydrogen-bond acceptors (Lipinski definition) is 5. The van der Waals surface area contributed by atoms with E-state index in [4.69, 9.17) is 0 Å². The minimum atomic E-state index is 0.113. The van der Waals surface area contributed by atoms with Crippen molar-refractivity contribution < 1.29 is 5.11 Å². The van der Waals surface area contributed by atoms with E-state index in [0.717, 1.165) is 36.0 Å². The van der Waals surface area contributed by atoms with Crippen LogP contribution in [0.5, 0.6) is 0 Å². The third-order valence-electron chi connectivity index (χ3n) is 4.96. The van der Waals surface area contributed by atoms with E-state index in [-0.39, 0.29) is 6.61 Å². The second-order valence-electron chi connectivity index (χ2n) is 6.86. The van der Waals surface area contributed by atoms with Crippen molar-refractivity contribution in [3.05, 3.63) is 52.7 Å². The molecule has 1 unspecified atom stereocenters. The summed E-state index contributed by atoms with van der Waals surface area (Å²) >= 11 is 1.82. The summed E-state index contributed by atoms with van der Waals surface area (Å²) in [4.78, 5) is 13.9. The van der Waals surface area contributed by atoms with E-state index in [1.54, 1.807) is 6.33 Å².